The number of aromatic nitrogens is 1. The highest BCUT2D eigenvalue weighted by molar-refractivity contribution is 5.36. The topological polar surface area (TPSA) is 34.2 Å². The minimum atomic E-state index is -0.998. The Morgan fingerprint density at radius 3 is 2.76 bits per heavy atom. The van der Waals surface area contributed by atoms with E-state index in [9.17, 15) is 8.78 Å². The summed E-state index contributed by atoms with van der Waals surface area (Å²) in [5.74, 6) is -1.14. The third kappa shape index (κ3) is 4.23. The fourth-order valence-electron chi connectivity index (χ4n) is 1.82. The minimum Gasteiger partial charge on any atom is -0.452 e. The molecule has 112 valence electrons. The van der Waals surface area contributed by atoms with Crippen LogP contribution in [0.15, 0.2) is 36.7 Å². The van der Waals surface area contributed by atoms with Crippen LogP contribution in [0.25, 0.3) is 0 Å². The molecule has 0 aliphatic heterocycles. The summed E-state index contributed by atoms with van der Waals surface area (Å²) in [5.41, 5.74) is 0.842. The number of nitrogens with one attached hydrogen (secondary N) is 1. The Morgan fingerprint density at radius 1 is 1.19 bits per heavy atom. The third-order valence-electron chi connectivity index (χ3n) is 2.87. The Morgan fingerprint density at radius 2 is 2.00 bits per heavy atom. The van der Waals surface area contributed by atoms with Crippen molar-refractivity contribution in [2.24, 2.45) is 5.92 Å². The summed E-state index contributed by atoms with van der Waals surface area (Å²) >= 11 is 0. The first-order valence-corrected chi connectivity index (χ1v) is 6.83. The van der Waals surface area contributed by atoms with Gasteiger partial charge in [0.15, 0.2) is 11.6 Å². The fourth-order valence-corrected chi connectivity index (χ4v) is 1.82. The number of halogens is 2. The first-order valence-electron chi connectivity index (χ1n) is 6.83. The van der Waals surface area contributed by atoms with Crippen molar-refractivity contribution in [2.75, 3.05) is 6.54 Å². The molecule has 0 saturated carbocycles. The second-order valence-corrected chi connectivity index (χ2v) is 5.16. The van der Waals surface area contributed by atoms with E-state index >= 15 is 0 Å². The summed E-state index contributed by atoms with van der Waals surface area (Å²) < 4.78 is 32.3. The molecule has 0 radical (unpaired) electrons. The van der Waals surface area contributed by atoms with Crippen LogP contribution in [0.3, 0.4) is 0 Å². The average Bonchev–Trinajstić information content (AvgIpc) is 2.45. The van der Waals surface area contributed by atoms with Crippen LogP contribution in [-0.4, -0.2) is 11.5 Å². The number of pyridine rings is 1. The van der Waals surface area contributed by atoms with Crippen LogP contribution in [0.4, 0.5) is 8.78 Å². The van der Waals surface area contributed by atoms with Crippen LogP contribution >= 0.6 is 0 Å². The second kappa shape index (κ2) is 7.13. The smallest absolute Gasteiger partial charge is 0.201 e. The van der Waals surface area contributed by atoms with Gasteiger partial charge in [0.25, 0.3) is 0 Å². The highest BCUT2D eigenvalue weighted by Gasteiger charge is 2.12. The van der Waals surface area contributed by atoms with Crippen molar-refractivity contribution in [3.63, 3.8) is 0 Å². The van der Waals surface area contributed by atoms with E-state index in [2.05, 4.69) is 24.1 Å². The maximum atomic E-state index is 13.6. The van der Waals surface area contributed by atoms with Gasteiger partial charge in [-0.2, -0.15) is 4.39 Å². The summed E-state index contributed by atoms with van der Waals surface area (Å²) in [6.07, 6.45) is 3.14. The molecule has 5 heteroatoms. The molecule has 2 rings (SSSR count). The van der Waals surface area contributed by atoms with Crippen molar-refractivity contribution in [1.29, 1.82) is 0 Å². The van der Waals surface area contributed by atoms with E-state index in [0.29, 0.717) is 18.2 Å². The SMILES string of the molecule is CC(C)CNCc1ccncc1Oc1cccc(F)c1F. The van der Waals surface area contributed by atoms with Gasteiger partial charge in [-0.25, -0.2) is 4.39 Å². The van der Waals surface area contributed by atoms with Gasteiger partial charge >= 0.3 is 0 Å². The molecule has 0 aliphatic rings. The summed E-state index contributed by atoms with van der Waals surface area (Å²) in [5, 5.41) is 3.28. The van der Waals surface area contributed by atoms with E-state index in [1.165, 1.54) is 18.3 Å². The number of rotatable bonds is 6. The van der Waals surface area contributed by atoms with E-state index < -0.39 is 11.6 Å². The Labute approximate surface area is 123 Å². The molecule has 0 bridgehead atoms. The van der Waals surface area contributed by atoms with Crippen LogP contribution in [0, 0.1) is 17.6 Å². The predicted octanol–water partition coefficient (Wildman–Crippen LogP) is 3.90. The van der Waals surface area contributed by atoms with Crippen LogP contribution < -0.4 is 10.1 Å². The lowest BCUT2D eigenvalue weighted by atomic mass is 10.2. The largest absolute Gasteiger partial charge is 0.452 e. The molecular formula is C16H18F2N2O. The zero-order valence-corrected chi connectivity index (χ0v) is 12.1. The van der Waals surface area contributed by atoms with Crippen LogP contribution in [-0.2, 0) is 6.54 Å². The fraction of sp³-hybridized carbons (Fsp3) is 0.312. The number of nitrogens with zero attached hydrogens (tertiary/aromatic N) is 1. The van der Waals surface area contributed by atoms with Gasteiger partial charge in [-0.3, -0.25) is 4.98 Å². The van der Waals surface area contributed by atoms with Gasteiger partial charge in [0.05, 0.1) is 6.20 Å². The summed E-state index contributed by atoms with van der Waals surface area (Å²) in [6, 6.07) is 5.63. The predicted molar refractivity (Wildman–Crippen MR) is 77.2 cm³/mol. The monoisotopic (exact) mass is 292 g/mol. The maximum absolute atomic E-state index is 13.6. The van der Waals surface area contributed by atoms with Gasteiger partial charge in [-0.15, -0.1) is 0 Å². The molecule has 0 amide bonds. The minimum absolute atomic E-state index is 0.145. The van der Waals surface area contributed by atoms with E-state index in [-0.39, 0.29) is 5.75 Å². The van der Waals surface area contributed by atoms with Gasteiger partial charge in [0.2, 0.25) is 5.82 Å². The van der Waals surface area contributed by atoms with Crippen molar-refractivity contribution >= 4 is 0 Å². The zero-order valence-electron chi connectivity index (χ0n) is 12.1. The molecule has 1 aromatic heterocycles. The second-order valence-electron chi connectivity index (χ2n) is 5.16. The first-order chi connectivity index (χ1) is 10.1. The van der Waals surface area contributed by atoms with Gasteiger partial charge in [0, 0.05) is 18.3 Å². The summed E-state index contributed by atoms with van der Waals surface area (Å²) in [6.45, 7) is 5.65. The van der Waals surface area contributed by atoms with E-state index in [1.54, 1.807) is 12.3 Å². The van der Waals surface area contributed by atoms with Crippen LogP contribution in [0.2, 0.25) is 0 Å². The number of ether oxygens (including phenoxy) is 1. The molecule has 0 saturated heterocycles. The Balaban J connectivity index is 2.14. The molecule has 1 aromatic carbocycles. The van der Waals surface area contributed by atoms with Gasteiger partial charge < -0.3 is 10.1 Å². The molecule has 0 unspecified atom stereocenters. The molecular weight excluding hydrogens is 274 g/mol. The molecule has 0 spiro atoms. The highest BCUT2D eigenvalue weighted by Crippen LogP contribution is 2.27. The van der Waals surface area contributed by atoms with Crippen molar-refractivity contribution < 1.29 is 13.5 Å². The lowest BCUT2D eigenvalue weighted by Crippen LogP contribution is -2.19. The number of hydrogen-bond donors (Lipinski definition) is 1. The molecule has 21 heavy (non-hydrogen) atoms. The van der Waals surface area contributed by atoms with Crippen LogP contribution in [0.1, 0.15) is 19.4 Å². The van der Waals surface area contributed by atoms with Crippen molar-refractivity contribution in [1.82, 2.24) is 10.3 Å². The molecule has 0 aliphatic carbocycles. The van der Waals surface area contributed by atoms with Gasteiger partial charge in [-0.05, 0) is 30.7 Å². The molecule has 0 fully saturated rings. The zero-order chi connectivity index (χ0) is 15.2. The molecule has 3 nitrogen and oxygen atoms in total. The van der Waals surface area contributed by atoms with Crippen molar-refractivity contribution in [3.05, 3.63) is 53.9 Å². The lowest BCUT2D eigenvalue weighted by Gasteiger charge is -2.13. The molecule has 0 atom stereocenters. The van der Waals surface area contributed by atoms with E-state index in [4.69, 9.17) is 4.74 Å². The number of benzene rings is 1. The standard InChI is InChI=1S/C16H18F2N2O/c1-11(2)8-20-9-12-6-7-19-10-15(12)21-14-5-3-4-13(17)16(14)18/h3-7,10-11,20H,8-9H2,1-2H3. The van der Waals surface area contributed by atoms with Gasteiger partial charge in [-0.1, -0.05) is 19.9 Å². The Hall–Kier alpha value is -2.01. The Bertz CT molecular complexity index is 603. The molecule has 1 heterocycles. The van der Waals surface area contributed by atoms with E-state index in [1.807, 2.05) is 0 Å². The molecule has 1 N–H and O–H groups in total. The summed E-state index contributed by atoms with van der Waals surface area (Å²) in [7, 11) is 0. The number of hydrogen-bond acceptors (Lipinski definition) is 3. The normalized spacial score (nSPS) is 10.9. The quantitative estimate of drug-likeness (QED) is 0.877. The van der Waals surface area contributed by atoms with Crippen molar-refractivity contribution in [3.8, 4) is 11.5 Å². The lowest BCUT2D eigenvalue weighted by molar-refractivity contribution is 0.410. The van der Waals surface area contributed by atoms with Crippen LogP contribution in [0.5, 0.6) is 11.5 Å². The Kier molecular flexibility index (Phi) is 5.22. The maximum Gasteiger partial charge on any atom is 0.201 e. The summed E-state index contributed by atoms with van der Waals surface area (Å²) in [4.78, 5) is 3.97. The average molecular weight is 292 g/mol. The highest BCUT2D eigenvalue weighted by atomic mass is 19.2. The van der Waals surface area contributed by atoms with E-state index in [0.717, 1.165) is 18.2 Å². The first kappa shape index (κ1) is 15.4. The molecule has 2 aromatic rings. The van der Waals surface area contributed by atoms with Crippen molar-refractivity contribution in [2.45, 2.75) is 20.4 Å². The third-order valence-corrected chi connectivity index (χ3v) is 2.87. The van der Waals surface area contributed by atoms with Gasteiger partial charge in [0.1, 0.15) is 5.75 Å².